The summed E-state index contributed by atoms with van der Waals surface area (Å²) >= 11 is 0. The van der Waals surface area contributed by atoms with E-state index in [1.165, 1.54) is 6.07 Å². The van der Waals surface area contributed by atoms with Crippen molar-refractivity contribution in [1.82, 2.24) is 25.1 Å². The van der Waals surface area contributed by atoms with Crippen LogP contribution in [-0.4, -0.2) is 25.1 Å². The molecule has 0 aliphatic heterocycles. The van der Waals surface area contributed by atoms with Gasteiger partial charge in [-0.2, -0.15) is 15.1 Å². The number of benzene rings is 1. The predicted molar refractivity (Wildman–Crippen MR) is 125 cm³/mol. The minimum Gasteiger partial charge on any atom is -0.421 e. The Bertz CT molecular complexity index is 1310. The number of hydrogen-bond acceptors (Lipinski definition) is 5. The van der Waals surface area contributed by atoms with E-state index in [9.17, 15) is 4.39 Å². The van der Waals surface area contributed by atoms with Crippen LogP contribution in [0.2, 0.25) is 0 Å². The van der Waals surface area contributed by atoms with Crippen molar-refractivity contribution in [3.05, 3.63) is 59.1 Å². The maximum absolute atomic E-state index is 15.1. The number of anilines is 2. The van der Waals surface area contributed by atoms with Gasteiger partial charge in [0.25, 0.3) is 0 Å². The van der Waals surface area contributed by atoms with Crippen molar-refractivity contribution in [3.8, 4) is 11.8 Å². The standard InChI is InChI=1S/C24H26F2N6O/c1-5-8-15-10-21(32-31-15)29-20-12-18(14(6-2)7-3)28-24(30-20)33-19-11-17(25)23-16(22(19)26)9-13(4)27-23/h5,8-12,14,27H,6-7H2,1-4H3,(H2,28,29,30,31,32)/b8-5+. The number of nitrogens with zero attached hydrogens (tertiary/aromatic N) is 3. The smallest absolute Gasteiger partial charge is 0.324 e. The fraction of sp³-hybridized carbons (Fsp3) is 0.292. The van der Waals surface area contributed by atoms with Crippen molar-refractivity contribution in [3.63, 3.8) is 0 Å². The van der Waals surface area contributed by atoms with Crippen molar-refractivity contribution in [2.45, 2.75) is 46.5 Å². The number of aromatic nitrogens is 5. The summed E-state index contributed by atoms with van der Waals surface area (Å²) in [6.45, 7) is 7.78. The number of hydrogen-bond donors (Lipinski definition) is 3. The SMILES string of the molecule is C/C=C/c1cc(Nc2cc(C(CC)CC)nc(Oc3cc(F)c4[nH]c(C)cc4c3F)n2)n[nH]1. The van der Waals surface area contributed by atoms with Crippen LogP contribution in [-0.2, 0) is 0 Å². The molecule has 0 bridgehead atoms. The van der Waals surface area contributed by atoms with E-state index in [1.807, 2.05) is 31.2 Å². The third kappa shape index (κ3) is 4.72. The van der Waals surface area contributed by atoms with Crippen molar-refractivity contribution in [1.29, 1.82) is 0 Å². The molecule has 0 aliphatic rings. The van der Waals surface area contributed by atoms with Crippen molar-refractivity contribution in [2.24, 2.45) is 0 Å². The first-order valence-electron chi connectivity index (χ1n) is 10.9. The highest BCUT2D eigenvalue weighted by Gasteiger charge is 2.19. The number of nitrogens with one attached hydrogen (secondary N) is 3. The van der Waals surface area contributed by atoms with Gasteiger partial charge in [0.15, 0.2) is 23.2 Å². The van der Waals surface area contributed by atoms with Crippen LogP contribution in [0, 0.1) is 18.6 Å². The molecule has 0 radical (unpaired) electrons. The molecular weight excluding hydrogens is 426 g/mol. The molecule has 0 fully saturated rings. The molecule has 4 rings (SSSR count). The highest BCUT2D eigenvalue weighted by Crippen LogP contribution is 2.33. The predicted octanol–water partition coefficient (Wildman–Crippen LogP) is 6.74. The fourth-order valence-electron chi connectivity index (χ4n) is 3.77. The van der Waals surface area contributed by atoms with E-state index >= 15 is 4.39 Å². The molecule has 33 heavy (non-hydrogen) atoms. The molecule has 0 unspecified atom stereocenters. The molecule has 0 atom stereocenters. The Balaban J connectivity index is 1.72. The van der Waals surface area contributed by atoms with Gasteiger partial charge in [-0.25, -0.2) is 8.78 Å². The molecule has 172 valence electrons. The molecule has 0 saturated carbocycles. The number of aryl methyl sites for hydroxylation is 1. The Hall–Kier alpha value is -3.75. The first-order valence-corrected chi connectivity index (χ1v) is 10.9. The lowest BCUT2D eigenvalue weighted by Crippen LogP contribution is -2.06. The molecule has 9 heteroatoms. The van der Waals surface area contributed by atoms with Crippen molar-refractivity contribution in [2.75, 3.05) is 5.32 Å². The first kappa shape index (κ1) is 22.4. The Morgan fingerprint density at radius 3 is 2.61 bits per heavy atom. The highest BCUT2D eigenvalue weighted by atomic mass is 19.1. The molecule has 7 nitrogen and oxygen atoms in total. The number of ether oxygens (including phenoxy) is 1. The lowest BCUT2D eigenvalue weighted by molar-refractivity contribution is 0.407. The van der Waals surface area contributed by atoms with E-state index < -0.39 is 11.6 Å². The molecule has 1 aromatic carbocycles. The van der Waals surface area contributed by atoms with Gasteiger partial charge in [0, 0.05) is 35.2 Å². The second-order valence-corrected chi connectivity index (χ2v) is 7.82. The molecule has 3 aromatic heterocycles. The zero-order valence-corrected chi connectivity index (χ0v) is 19.0. The fourth-order valence-corrected chi connectivity index (χ4v) is 3.77. The molecule has 4 aromatic rings. The van der Waals surface area contributed by atoms with E-state index in [2.05, 4.69) is 44.3 Å². The van der Waals surface area contributed by atoms with Gasteiger partial charge in [-0.3, -0.25) is 5.10 Å². The lowest BCUT2D eigenvalue weighted by atomic mass is 9.99. The number of halogens is 2. The van der Waals surface area contributed by atoms with Crippen LogP contribution in [0.15, 0.2) is 30.3 Å². The van der Waals surface area contributed by atoms with Gasteiger partial charge in [0.05, 0.1) is 16.9 Å². The second kappa shape index (κ2) is 9.40. The summed E-state index contributed by atoms with van der Waals surface area (Å²) in [4.78, 5) is 11.7. The zero-order chi connectivity index (χ0) is 23.5. The van der Waals surface area contributed by atoms with Crippen LogP contribution >= 0.6 is 0 Å². The van der Waals surface area contributed by atoms with Gasteiger partial charge in [0.2, 0.25) is 0 Å². The average Bonchev–Trinajstić information content (AvgIpc) is 3.39. The van der Waals surface area contributed by atoms with Gasteiger partial charge in [-0.1, -0.05) is 19.9 Å². The number of fused-ring (bicyclic) bond motifs is 1. The van der Waals surface area contributed by atoms with Gasteiger partial charge >= 0.3 is 6.01 Å². The van der Waals surface area contributed by atoms with E-state index in [0.717, 1.165) is 30.3 Å². The zero-order valence-electron chi connectivity index (χ0n) is 19.0. The maximum atomic E-state index is 15.1. The van der Waals surface area contributed by atoms with Crippen molar-refractivity contribution >= 4 is 28.6 Å². The molecule has 0 spiro atoms. The average molecular weight is 453 g/mol. The van der Waals surface area contributed by atoms with Crippen LogP contribution in [0.4, 0.5) is 20.4 Å². The molecule has 3 N–H and O–H groups in total. The van der Waals surface area contributed by atoms with E-state index in [-0.39, 0.29) is 28.6 Å². The summed E-state index contributed by atoms with van der Waals surface area (Å²) in [5.74, 6) is -0.404. The minimum atomic E-state index is -0.676. The van der Waals surface area contributed by atoms with E-state index in [4.69, 9.17) is 4.74 Å². The van der Waals surface area contributed by atoms with Crippen LogP contribution in [0.3, 0.4) is 0 Å². The maximum Gasteiger partial charge on any atom is 0.324 e. The molecule has 0 amide bonds. The second-order valence-electron chi connectivity index (χ2n) is 7.82. The summed E-state index contributed by atoms with van der Waals surface area (Å²) < 4.78 is 35.3. The van der Waals surface area contributed by atoms with Crippen LogP contribution in [0.1, 0.15) is 56.6 Å². The normalized spacial score (nSPS) is 11.7. The summed E-state index contributed by atoms with van der Waals surface area (Å²) in [7, 11) is 0. The Labute approximate surface area is 190 Å². The number of allylic oxidation sites excluding steroid dienone is 1. The number of aromatic amines is 2. The summed E-state index contributed by atoms with van der Waals surface area (Å²) in [6.07, 6.45) is 5.50. The minimum absolute atomic E-state index is 0.0731. The summed E-state index contributed by atoms with van der Waals surface area (Å²) in [6, 6.07) is 6.12. The third-order valence-electron chi connectivity index (χ3n) is 5.43. The molecule has 3 heterocycles. The molecule has 0 saturated heterocycles. The summed E-state index contributed by atoms with van der Waals surface area (Å²) in [5, 5.41) is 10.4. The lowest BCUT2D eigenvalue weighted by Gasteiger charge is -2.15. The third-order valence-corrected chi connectivity index (χ3v) is 5.43. The Morgan fingerprint density at radius 1 is 1.09 bits per heavy atom. The van der Waals surface area contributed by atoms with Crippen molar-refractivity contribution < 1.29 is 13.5 Å². The van der Waals surface area contributed by atoms with Gasteiger partial charge in [-0.15, -0.1) is 0 Å². The largest absolute Gasteiger partial charge is 0.421 e. The summed E-state index contributed by atoms with van der Waals surface area (Å²) in [5.41, 5.74) is 2.33. The van der Waals surface area contributed by atoms with Crippen LogP contribution < -0.4 is 10.1 Å². The van der Waals surface area contributed by atoms with Crippen LogP contribution in [0.5, 0.6) is 11.8 Å². The highest BCUT2D eigenvalue weighted by molar-refractivity contribution is 5.83. The molecule has 0 aliphatic carbocycles. The number of rotatable bonds is 8. The topological polar surface area (TPSA) is 91.5 Å². The van der Waals surface area contributed by atoms with Gasteiger partial charge in [0.1, 0.15) is 5.82 Å². The van der Waals surface area contributed by atoms with Gasteiger partial charge < -0.3 is 15.0 Å². The number of H-pyrrole nitrogens is 2. The van der Waals surface area contributed by atoms with E-state index in [1.54, 1.807) is 6.92 Å². The Morgan fingerprint density at radius 2 is 1.88 bits per heavy atom. The monoisotopic (exact) mass is 452 g/mol. The van der Waals surface area contributed by atoms with E-state index in [0.29, 0.717) is 17.3 Å². The quantitative estimate of drug-likeness (QED) is 0.275. The van der Waals surface area contributed by atoms with Gasteiger partial charge in [-0.05, 0) is 38.8 Å². The van der Waals surface area contributed by atoms with Crippen LogP contribution in [0.25, 0.3) is 17.0 Å². The first-order chi connectivity index (χ1) is 15.9. The molecular formula is C24H26F2N6O. The Kier molecular flexibility index (Phi) is 6.39.